The zero-order valence-electron chi connectivity index (χ0n) is 8.15. The van der Waals surface area contributed by atoms with Crippen molar-refractivity contribution in [3.05, 3.63) is 45.0 Å². The molecular weight excluding hydrogens is 274 g/mol. The van der Waals surface area contributed by atoms with Crippen LogP contribution in [0, 0.1) is 0 Å². The van der Waals surface area contributed by atoms with Crippen molar-refractivity contribution in [3.8, 4) is 0 Å². The largest absolute Gasteiger partial charge is 0.457 e. The maximum absolute atomic E-state index is 6.07. The lowest BCUT2D eigenvalue weighted by atomic mass is 10.0. The summed E-state index contributed by atoms with van der Waals surface area (Å²) in [5.41, 5.74) is 8.47. The summed E-state index contributed by atoms with van der Waals surface area (Å²) in [5.74, 6) is 0. The maximum atomic E-state index is 6.07. The zero-order chi connectivity index (χ0) is 10.7. The molecule has 15 heavy (non-hydrogen) atoms. The van der Waals surface area contributed by atoms with Crippen molar-refractivity contribution in [2.24, 2.45) is 5.73 Å². The van der Waals surface area contributed by atoms with Crippen molar-refractivity contribution in [1.82, 2.24) is 0 Å². The molecule has 2 aromatic rings. The van der Waals surface area contributed by atoms with E-state index in [1.54, 1.807) is 17.6 Å². The van der Waals surface area contributed by atoms with E-state index in [9.17, 15) is 0 Å². The average Bonchev–Trinajstić information content (AvgIpc) is 2.84. The summed E-state index contributed by atoms with van der Waals surface area (Å²) >= 11 is 5.06. The van der Waals surface area contributed by atoms with Gasteiger partial charge in [-0.1, -0.05) is 0 Å². The molecule has 2 rings (SSSR count). The number of rotatable bonds is 4. The predicted octanol–water partition coefficient (Wildman–Crippen LogP) is 3.74. The van der Waals surface area contributed by atoms with E-state index < -0.39 is 0 Å². The first-order valence-corrected chi connectivity index (χ1v) is 6.50. The summed E-state index contributed by atoms with van der Waals surface area (Å²) in [7, 11) is 0. The number of hydrogen-bond donors (Lipinski definition) is 1. The Morgan fingerprint density at radius 3 is 2.93 bits per heavy atom. The molecule has 0 aliphatic rings. The van der Waals surface area contributed by atoms with Crippen LogP contribution >= 0.6 is 27.3 Å². The molecule has 1 unspecified atom stereocenters. The monoisotopic (exact) mass is 285 g/mol. The minimum atomic E-state index is 0.0398. The van der Waals surface area contributed by atoms with Gasteiger partial charge in [-0.25, -0.2) is 0 Å². The van der Waals surface area contributed by atoms with Crippen molar-refractivity contribution in [3.63, 3.8) is 0 Å². The maximum Gasteiger partial charge on any atom is 0.173 e. The highest BCUT2D eigenvalue weighted by Gasteiger charge is 2.12. The summed E-state index contributed by atoms with van der Waals surface area (Å²) in [6.45, 7) is 0. The minimum Gasteiger partial charge on any atom is -0.457 e. The van der Waals surface area contributed by atoms with Crippen LogP contribution in [0.25, 0.3) is 0 Å². The van der Waals surface area contributed by atoms with Gasteiger partial charge in [-0.2, -0.15) is 11.3 Å². The smallest absolute Gasteiger partial charge is 0.173 e. The van der Waals surface area contributed by atoms with Crippen molar-refractivity contribution < 1.29 is 4.42 Å². The second-order valence-corrected chi connectivity index (χ2v) is 4.93. The van der Waals surface area contributed by atoms with Crippen LogP contribution in [0.4, 0.5) is 0 Å². The molecule has 2 N–H and O–H groups in total. The van der Waals surface area contributed by atoms with Crippen LogP contribution in [0.1, 0.15) is 23.6 Å². The fourth-order valence-electron chi connectivity index (χ4n) is 1.48. The van der Waals surface area contributed by atoms with Crippen LogP contribution in [-0.4, -0.2) is 0 Å². The van der Waals surface area contributed by atoms with Gasteiger partial charge in [0.25, 0.3) is 0 Å². The molecule has 2 nitrogen and oxygen atoms in total. The minimum absolute atomic E-state index is 0.0398. The van der Waals surface area contributed by atoms with Crippen LogP contribution < -0.4 is 5.73 Å². The van der Waals surface area contributed by atoms with E-state index in [-0.39, 0.29) is 6.04 Å². The lowest BCUT2D eigenvalue weighted by Gasteiger charge is -2.08. The quantitative estimate of drug-likeness (QED) is 0.930. The molecule has 0 spiro atoms. The third kappa shape index (κ3) is 2.71. The fourth-order valence-corrected chi connectivity index (χ4v) is 2.72. The third-order valence-corrected chi connectivity index (χ3v) is 3.75. The Balaban J connectivity index is 1.93. The number of halogens is 1. The van der Waals surface area contributed by atoms with Crippen molar-refractivity contribution in [2.45, 2.75) is 18.9 Å². The molecule has 0 radical (unpaired) electrons. The molecule has 80 valence electrons. The molecule has 0 saturated heterocycles. The molecule has 0 aliphatic carbocycles. The van der Waals surface area contributed by atoms with Crippen LogP contribution in [0.2, 0.25) is 0 Å². The number of nitrogens with two attached hydrogens (primary N) is 1. The van der Waals surface area contributed by atoms with Gasteiger partial charge >= 0.3 is 0 Å². The average molecular weight is 286 g/mol. The summed E-state index contributed by atoms with van der Waals surface area (Å²) < 4.78 is 5.91. The highest BCUT2D eigenvalue weighted by atomic mass is 79.9. The van der Waals surface area contributed by atoms with Crippen molar-refractivity contribution in [2.75, 3.05) is 0 Å². The number of aryl methyl sites for hydroxylation is 1. The van der Waals surface area contributed by atoms with E-state index in [1.165, 1.54) is 5.56 Å². The van der Waals surface area contributed by atoms with Crippen LogP contribution in [0.15, 0.2) is 38.2 Å². The second-order valence-electron chi connectivity index (χ2n) is 3.43. The normalized spacial score (nSPS) is 12.9. The van der Waals surface area contributed by atoms with Gasteiger partial charge in [0, 0.05) is 11.6 Å². The van der Waals surface area contributed by atoms with Gasteiger partial charge in [0.05, 0.1) is 6.26 Å². The Morgan fingerprint density at radius 2 is 2.33 bits per heavy atom. The van der Waals surface area contributed by atoms with Crippen molar-refractivity contribution in [1.29, 1.82) is 0 Å². The summed E-state index contributed by atoms with van der Waals surface area (Å²) in [4.78, 5) is 0. The van der Waals surface area contributed by atoms with Gasteiger partial charge in [-0.05, 0) is 57.2 Å². The molecule has 0 saturated carbocycles. The third-order valence-electron chi connectivity index (χ3n) is 2.37. The molecule has 0 fully saturated rings. The van der Waals surface area contributed by atoms with E-state index in [0.717, 1.165) is 23.1 Å². The zero-order valence-corrected chi connectivity index (χ0v) is 10.6. The van der Waals surface area contributed by atoms with E-state index in [0.29, 0.717) is 0 Å². The number of furan rings is 1. The van der Waals surface area contributed by atoms with Gasteiger partial charge in [-0.3, -0.25) is 0 Å². The van der Waals surface area contributed by atoms with E-state index in [2.05, 4.69) is 32.8 Å². The highest BCUT2D eigenvalue weighted by Crippen LogP contribution is 2.26. The Bertz CT molecular complexity index is 410. The molecule has 0 bridgehead atoms. The lowest BCUT2D eigenvalue weighted by Crippen LogP contribution is -2.10. The van der Waals surface area contributed by atoms with E-state index >= 15 is 0 Å². The molecule has 2 aromatic heterocycles. The molecule has 0 aromatic carbocycles. The summed E-state index contributed by atoms with van der Waals surface area (Å²) in [6.07, 6.45) is 3.61. The molecule has 0 amide bonds. The van der Waals surface area contributed by atoms with Gasteiger partial charge < -0.3 is 10.2 Å². The molecule has 2 heterocycles. The Morgan fingerprint density at radius 1 is 1.47 bits per heavy atom. The molecule has 1 atom stereocenters. The summed E-state index contributed by atoms with van der Waals surface area (Å²) in [6, 6.07) is 4.10. The topological polar surface area (TPSA) is 39.2 Å². The van der Waals surface area contributed by atoms with Gasteiger partial charge in [0.2, 0.25) is 0 Å². The highest BCUT2D eigenvalue weighted by molar-refractivity contribution is 9.10. The van der Waals surface area contributed by atoms with E-state index in [4.69, 9.17) is 10.2 Å². The van der Waals surface area contributed by atoms with Gasteiger partial charge in [0.1, 0.15) is 0 Å². The van der Waals surface area contributed by atoms with Gasteiger partial charge in [0.15, 0.2) is 4.67 Å². The first-order valence-electron chi connectivity index (χ1n) is 4.77. The summed E-state index contributed by atoms with van der Waals surface area (Å²) in [5, 5.41) is 4.26. The second kappa shape index (κ2) is 4.96. The van der Waals surface area contributed by atoms with Crippen LogP contribution in [0.5, 0.6) is 0 Å². The number of thiophene rings is 1. The Hall–Kier alpha value is -0.580. The SMILES string of the molecule is NC(CCc1ccsc1)c1ccoc1Br. The van der Waals surface area contributed by atoms with Crippen LogP contribution in [-0.2, 0) is 6.42 Å². The fraction of sp³-hybridized carbons (Fsp3) is 0.273. The first kappa shape index (κ1) is 10.9. The molecular formula is C11H12BrNOS. The Labute approximate surface area is 101 Å². The standard InChI is InChI=1S/C11H12BrNOS/c12-11-9(3-5-14-11)10(13)2-1-8-4-6-15-7-8/h3-7,10H,1-2,13H2. The van der Waals surface area contributed by atoms with E-state index in [1.807, 2.05) is 6.07 Å². The predicted molar refractivity (Wildman–Crippen MR) is 66.0 cm³/mol. The molecule has 4 heteroatoms. The van der Waals surface area contributed by atoms with Gasteiger partial charge in [-0.15, -0.1) is 0 Å². The number of hydrogen-bond acceptors (Lipinski definition) is 3. The molecule has 0 aliphatic heterocycles. The lowest BCUT2D eigenvalue weighted by molar-refractivity contribution is 0.527. The Kier molecular flexibility index (Phi) is 3.61. The van der Waals surface area contributed by atoms with Crippen molar-refractivity contribution >= 4 is 27.3 Å². The van der Waals surface area contributed by atoms with Crippen LogP contribution in [0.3, 0.4) is 0 Å². The first-order chi connectivity index (χ1) is 7.27.